The number of nitrogens with zero attached hydrogens (tertiary/aromatic N) is 2. The molecule has 1 heterocycles. The van der Waals surface area contributed by atoms with Crippen molar-refractivity contribution in [3.05, 3.63) is 0 Å². The number of hydrogen-bond acceptors (Lipinski definition) is 3. The summed E-state index contributed by atoms with van der Waals surface area (Å²) in [6.07, 6.45) is 5.25. The highest BCUT2D eigenvalue weighted by atomic mass is 15.2. The summed E-state index contributed by atoms with van der Waals surface area (Å²) in [5.41, 5.74) is 0.169. The van der Waals surface area contributed by atoms with Gasteiger partial charge in [0.15, 0.2) is 5.96 Å². The second-order valence-electron chi connectivity index (χ2n) is 7.60. The van der Waals surface area contributed by atoms with Gasteiger partial charge in [-0.05, 0) is 60.4 Å². The van der Waals surface area contributed by atoms with E-state index in [9.17, 15) is 0 Å². The molecular weight excluding hydrogens is 286 g/mol. The fraction of sp³-hybridized carbons (Fsp3) is 0.944. The molecule has 1 aliphatic rings. The molecule has 1 rings (SSSR count). The van der Waals surface area contributed by atoms with Crippen LogP contribution in [0.15, 0.2) is 4.99 Å². The van der Waals surface area contributed by atoms with Crippen LogP contribution in [0.25, 0.3) is 0 Å². The zero-order valence-corrected chi connectivity index (χ0v) is 16.0. The molecule has 0 amide bonds. The van der Waals surface area contributed by atoms with Crippen LogP contribution in [-0.4, -0.2) is 61.7 Å². The zero-order valence-electron chi connectivity index (χ0n) is 16.0. The Bertz CT molecular complexity index is 335. The molecule has 0 aromatic rings. The normalized spacial score (nSPS) is 20.6. The van der Waals surface area contributed by atoms with Crippen molar-refractivity contribution in [2.45, 2.75) is 71.9 Å². The predicted molar refractivity (Wildman–Crippen MR) is 101 cm³/mol. The zero-order chi connectivity index (χ0) is 17.1. The molecule has 0 aliphatic carbocycles. The SMILES string of the molecule is CCNC(=NCCCN1CCCCC1C)NCCNC(C)(C)C. The lowest BCUT2D eigenvalue weighted by Gasteiger charge is -2.33. The van der Waals surface area contributed by atoms with E-state index < -0.39 is 0 Å². The Kier molecular flexibility index (Phi) is 9.56. The average molecular weight is 326 g/mol. The summed E-state index contributed by atoms with van der Waals surface area (Å²) >= 11 is 0. The number of piperidine rings is 1. The lowest BCUT2D eigenvalue weighted by atomic mass is 10.0. The van der Waals surface area contributed by atoms with Crippen molar-refractivity contribution in [3.8, 4) is 0 Å². The van der Waals surface area contributed by atoms with Crippen molar-refractivity contribution in [1.29, 1.82) is 0 Å². The van der Waals surface area contributed by atoms with E-state index in [-0.39, 0.29) is 5.54 Å². The van der Waals surface area contributed by atoms with Gasteiger partial charge < -0.3 is 20.9 Å². The van der Waals surface area contributed by atoms with Crippen molar-refractivity contribution in [2.75, 3.05) is 39.3 Å². The van der Waals surface area contributed by atoms with Crippen molar-refractivity contribution >= 4 is 5.96 Å². The van der Waals surface area contributed by atoms with Gasteiger partial charge in [-0.15, -0.1) is 0 Å². The maximum absolute atomic E-state index is 4.70. The molecule has 3 N–H and O–H groups in total. The number of nitrogens with one attached hydrogen (secondary N) is 3. The summed E-state index contributed by atoms with van der Waals surface area (Å²) in [6.45, 7) is 17.1. The summed E-state index contributed by atoms with van der Waals surface area (Å²) in [6, 6.07) is 0.752. The molecule has 136 valence electrons. The predicted octanol–water partition coefficient (Wildman–Crippen LogP) is 2.19. The molecule has 1 fully saturated rings. The van der Waals surface area contributed by atoms with Crippen LogP contribution in [0.4, 0.5) is 0 Å². The van der Waals surface area contributed by atoms with E-state index in [1.807, 2.05) is 0 Å². The van der Waals surface area contributed by atoms with Crippen LogP contribution in [0.3, 0.4) is 0 Å². The maximum Gasteiger partial charge on any atom is 0.191 e. The first kappa shape index (κ1) is 20.2. The highest BCUT2D eigenvalue weighted by molar-refractivity contribution is 5.79. The smallest absolute Gasteiger partial charge is 0.191 e. The third-order valence-electron chi connectivity index (χ3n) is 4.23. The summed E-state index contributed by atoms with van der Waals surface area (Å²) < 4.78 is 0. The van der Waals surface area contributed by atoms with Crippen LogP contribution < -0.4 is 16.0 Å². The van der Waals surface area contributed by atoms with E-state index in [2.05, 4.69) is 55.5 Å². The molecule has 23 heavy (non-hydrogen) atoms. The van der Waals surface area contributed by atoms with Gasteiger partial charge in [-0.2, -0.15) is 0 Å². The van der Waals surface area contributed by atoms with E-state index in [0.29, 0.717) is 0 Å². The van der Waals surface area contributed by atoms with E-state index in [1.165, 1.54) is 32.4 Å². The molecule has 5 nitrogen and oxygen atoms in total. The Labute approximate surface area is 143 Å². The number of likely N-dealkylation sites (tertiary alicyclic amines) is 1. The summed E-state index contributed by atoms with van der Waals surface area (Å²) in [7, 11) is 0. The molecule has 1 atom stereocenters. The van der Waals surface area contributed by atoms with Gasteiger partial charge in [0.25, 0.3) is 0 Å². The number of aliphatic imine (C=N–C) groups is 1. The maximum atomic E-state index is 4.70. The minimum atomic E-state index is 0.169. The lowest BCUT2D eigenvalue weighted by Crippen LogP contribution is -2.44. The van der Waals surface area contributed by atoms with Gasteiger partial charge in [0.05, 0.1) is 0 Å². The van der Waals surface area contributed by atoms with Crippen molar-refractivity contribution < 1.29 is 0 Å². The Morgan fingerprint density at radius 1 is 1.17 bits per heavy atom. The second kappa shape index (κ2) is 10.9. The van der Waals surface area contributed by atoms with Gasteiger partial charge in [0, 0.05) is 44.3 Å². The Balaban J connectivity index is 2.22. The largest absolute Gasteiger partial charge is 0.357 e. The van der Waals surface area contributed by atoms with Crippen LogP contribution in [0, 0.1) is 0 Å². The molecule has 1 aliphatic heterocycles. The minimum Gasteiger partial charge on any atom is -0.357 e. The molecular formula is C18H39N5. The summed E-state index contributed by atoms with van der Waals surface area (Å²) in [5.74, 6) is 0.940. The number of rotatable bonds is 8. The average Bonchev–Trinajstić information content (AvgIpc) is 2.48. The molecule has 0 radical (unpaired) electrons. The van der Waals surface area contributed by atoms with Crippen LogP contribution >= 0.6 is 0 Å². The Morgan fingerprint density at radius 2 is 1.96 bits per heavy atom. The van der Waals surface area contributed by atoms with Gasteiger partial charge in [0.1, 0.15) is 0 Å². The van der Waals surface area contributed by atoms with Crippen LogP contribution in [-0.2, 0) is 0 Å². The van der Waals surface area contributed by atoms with Gasteiger partial charge in [-0.25, -0.2) is 0 Å². The second-order valence-corrected chi connectivity index (χ2v) is 7.60. The fourth-order valence-corrected chi connectivity index (χ4v) is 2.91. The van der Waals surface area contributed by atoms with Gasteiger partial charge in [0.2, 0.25) is 0 Å². The van der Waals surface area contributed by atoms with Crippen molar-refractivity contribution in [2.24, 2.45) is 4.99 Å². The quantitative estimate of drug-likeness (QED) is 0.364. The van der Waals surface area contributed by atoms with Gasteiger partial charge in [-0.1, -0.05) is 6.42 Å². The molecule has 0 aromatic carbocycles. The van der Waals surface area contributed by atoms with Gasteiger partial charge in [-0.3, -0.25) is 4.99 Å². The van der Waals surface area contributed by atoms with E-state index in [1.54, 1.807) is 0 Å². The molecule has 0 bridgehead atoms. The van der Waals surface area contributed by atoms with Crippen molar-refractivity contribution in [3.63, 3.8) is 0 Å². The molecule has 0 saturated carbocycles. The first-order valence-electron chi connectivity index (χ1n) is 9.43. The third-order valence-corrected chi connectivity index (χ3v) is 4.23. The first-order chi connectivity index (χ1) is 10.9. The summed E-state index contributed by atoms with van der Waals surface area (Å²) in [4.78, 5) is 7.31. The Hall–Kier alpha value is -0.810. The third kappa shape index (κ3) is 9.82. The van der Waals surface area contributed by atoms with Crippen molar-refractivity contribution in [1.82, 2.24) is 20.9 Å². The molecule has 1 saturated heterocycles. The molecule has 0 aromatic heterocycles. The van der Waals surface area contributed by atoms with Crippen LogP contribution in [0.5, 0.6) is 0 Å². The van der Waals surface area contributed by atoms with E-state index in [0.717, 1.165) is 44.6 Å². The molecule has 5 heteroatoms. The van der Waals surface area contributed by atoms with Crippen LogP contribution in [0.1, 0.15) is 60.3 Å². The number of hydrogen-bond donors (Lipinski definition) is 3. The standard InChI is InChI=1S/C18H39N5/c1-6-19-17(21-12-13-22-18(3,4)5)20-11-9-15-23-14-8-7-10-16(23)2/h16,22H,6-15H2,1-5H3,(H2,19,20,21). The summed E-state index contributed by atoms with van der Waals surface area (Å²) in [5, 5.41) is 10.2. The molecule has 1 unspecified atom stereocenters. The van der Waals surface area contributed by atoms with Gasteiger partial charge >= 0.3 is 0 Å². The van der Waals surface area contributed by atoms with Crippen LogP contribution in [0.2, 0.25) is 0 Å². The topological polar surface area (TPSA) is 51.7 Å². The Morgan fingerprint density at radius 3 is 2.61 bits per heavy atom. The lowest BCUT2D eigenvalue weighted by molar-refractivity contribution is 0.160. The number of guanidine groups is 1. The molecule has 0 spiro atoms. The fourth-order valence-electron chi connectivity index (χ4n) is 2.91. The van der Waals surface area contributed by atoms with E-state index in [4.69, 9.17) is 4.99 Å². The minimum absolute atomic E-state index is 0.169. The monoisotopic (exact) mass is 325 g/mol. The van der Waals surface area contributed by atoms with E-state index >= 15 is 0 Å². The first-order valence-corrected chi connectivity index (χ1v) is 9.43. The highest BCUT2D eigenvalue weighted by Crippen LogP contribution is 2.16. The highest BCUT2D eigenvalue weighted by Gasteiger charge is 2.16.